The summed E-state index contributed by atoms with van der Waals surface area (Å²) in [6.45, 7) is 4.26. The molecule has 2 atom stereocenters. The number of hydrogen-bond acceptors (Lipinski definition) is 3. The predicted molar refractivity (Wildman–Crippen MR) is 67.5 cm³/mol. The van der Waals surface area contributed by atoms with Crippen molar-refractivity contribution < 1.29 is 4.42 Å². The Morgan fingerprint density at radius 1 is 1.29 bits per heavy atom. The fourth-order valence-electron chi connectivity index (χ4n) is 1.91. The van der Waals surface area contributed by atoms with Crippen molar-refractivity contribution in [3.8, 4) is 0 Å². The zero-order valence-corrected chi connectivity index (χ0v) is 10.3. The first-order chi connectivity index (χ1) is 8.31. The summed E-state index contributed by atoms with van der Waals surface area (Å²) in [6, 6.07) is 10.4. The van der Waals surface area contributed by atoms with Gasteiger partial charge in [0, 0.05) is 12.2 Å². The van der Waals surface area contributed by atoms with Gasteiger partial charge in [-0.25, -0.2) is 0 Å². The molecule has 1 unspecified atom stereocenters. The molecule has 3 nitrogen and oxygen atoms in total. The lowest BCUT2D eigenvalue weighted by Crippen LogP contribution is -2.24. The van der Waals surface area contributed by atoms with E-state index in [2.05, 4.69) is 24.1 Å². The van der Waals surface area contributed by atoms with Crippen LogP contribution in [0.2, 0.25) is 0 Å². The molecule has 2 rings (SSSR count). The molecule has 0 aliphatic carbocycles. The predicted octanol–water partition coefficient (Wildman–Crippen LogP) is 3.48. The van der Waals surface area contributed by atoms with Crippen LogP contribution in [0.3, 0.4) is 0 Å². The van der Waals surface area contributed by atoms with Crippen LogP contribution < -0.4 is 5.32 Å². The third-order valence-corrected chi connectivity index (χ3v) is 2.88. The molecule has 17 heavy (non-hydrogen) atoms. The molecule has 0 aromatic carbocycles. The molecule has 3 heteroatoms. The van der Waals surface area contributed by atoms with Gasteiger partial charge in [-0.2, -0.15) is 0 Å². The highest BCUT2D eigenvalue weighted by molar-refractivity contribution is 5.10. The number of furan rings is 1. The second-order valence-electron chi connectivity index (χ2n) is 4.12. The minimum atomic E-state index is 0.214. The standard InChI is InChI=1S/C14H18N2O/c1-3-12(14-8-6-10-17-14)16-11(2)13-7-4-5-9-15-13/h4-12,16H,3H2,1-2H3/t11-,12?/m1/s1. The summed E-state index contributed by atoms with van der Waals surface area (Å²) >= 11 is 0. The summed E-state index contributed by atoms with van der Waals surface area (Å²) in [5.41, 5.74) is 1.05. The van der Waals surface area contributed by atoms with E-state index < -0.39 is 0 Å². The maximum atomic E-state index is 5.44. The Kier molecular flexibility index (Phi) is 3.94. The van der Waals surface area contributed by atoms with Crippen molar-refractivity contribution >= 4 is 0 Å². The molecule has 0 saturated carbocycles. The van der Waals surface area contributed by atoms with E-state index in [0.29, 0.717) is 0 Å². The molecule has 0 radical (unpaired) electrons. The van der Waals surface area contributed by atoms with Crippen LogP contribution >= 0.6 is 0 Å². The normalized spacial score (nSPS) is 14.5. The second-order valence-corrected chi connectivity index (χ2v) is 4.12. The number of aromatic nitrogens is 1. The molecule has 0 aliphatic heterocycles. The first-order valence-electron chi connectivity index (χ1n) is 6.01. The van der Waals surface area contributed by atoms with E-state index in [9.17, 15) is 0 Å². The van der Waals surface area contributed by atoms with Crippen LogP contribution in [-0.2, 0) is 0 Å². The number of nitrogens with one attached hydrogen (secondary N) is 1. The summed E-state index contributed by atoms with van der Waals surface area (Å²) in [7, 11) is 0. The van der Waals surface area contributed by atoms with Crippen molar-refractivity contribution in [3.05, 3.63) is 54.2 Å². The minimum absolute atomic E-state index is 0.214. The highest BCUT2D eigenvalue weighted by Gasteiger charge is 2.16. The molecule has 2 aromatic rings. The molecule has 0 amide bonds. The fraction of sp³-hybridized carbons (Fsp3) is 0.357. The molecule has 0 bridgehead atoms. The van der Waals surface area contributed by atoms with Crippen LogP contribution in [0.15, 0.2) is 47.2 Å². The Bertz CT molecular complexity index is 425. The van der Waals surface area contributed by atoms with Crippen molar-refractivity contribution in [2.45, 2.75) is 32.4 Å². The van der Waals surface area contributed by atoms with Gasteiger partial charge in [0.25, 0.3) is 0 Å². The lowest BCUT2D eigenvalue weighted by atomic mass is 10.1. The minimum Gasteiger partial charge on any atom is -0.468 e. The van der Waals surface area contributed by atoms with Crippen molar-refractivity contribution in [2.24, 2.45) is 0 Å². The Morgan fingerprint density at radius 2 is 2.18 bits per heavy atom. The van der Waals surface area contributed by atoms with E-state index in [0.717, 1.165) is 17.9 Å². The number of rotatable bonds is 5. The zero-order valence-electron chi connectivity index (χ0n) is 10.3. The Hall–Kier alpha value is -1.61. The quantitative estimate of drug-likeness (QED) is 0.854. The molecular formula is C14H18N2O. The summed E-state index contributed by atoms with van der Waals surface area (Å²) in [5.74, 6) is 0.982. The van der Waals surface area contributed by atoms with E-state index in [1.54, 1.807) is 6.26 Å². The topological polar surface area (TPSA) is 38.1 Å². The first-order valence-corrected chi connectivity index (χ1v) is 6.01. The molecule has 90 valence electrons. The Morgan fingerprint density at radius 3 is 2.76 bits per heavy atom. The van der Waals surface area contributed by atoms with Gasteiger partial charge in [-0.05, 0) is 37.6 Å². The molecule has 0 fully saturated rings. The second kappa shape index (κ2) is 5.64. The van der Waals surface area contributed by atoms with Crippen molar-refractivity contribution in [1.82, 2.24) is 10.3 Å². The van der Waals surface area contributed by atoms with Crippen LogP contribution in [0.25, 0.3) is 0 Å². The smallest absolute Gasteiger partial charge is 0.120 e. The largest absolute Gasteiger partial charge is 0.468 e. The number of nitrogens with zero attached hydrogens (tertiary/aromatic N) is 1. The van der Waals surface area contributed by atoms with Crippen LogP contribution in [0.5, 0.6) is 0 Å². The van der Waals surface area contributed by atoms with E-state index in [4.69, 9.17) is 4.42 Å². The number of pyridine rings is 1. The van der Waals surface area contributed by atoms with Gasteiger partial charge in [0.15, 0.2) is 0 Å². The van der Waals surface area contributed by atoms with Crippen LogP contribution in [0.1, 0.15) is 43.8 Å². The average Bonchev–Trinajstić information content (AvgIpc) is 2.90. The summed E-state index contributed by atoms with van der Waals surface area (Å²) in [6.07, 6.45) is 4.52. The maximum Gasteiger partial charge on any atom is 0.120 e. The SMILES string of the molecule is CCC(N[C@H](C)c1ccccn1)c1ccco1. The summed E-state index contributed by atoms with van der Waals surface area (Å²) < 4.78 is 5.44. The summed E-state index contributed by atoms with van der Waals surface area (Å²) in [4.78, 5) is 4.35. The van der Waals surface area contributed by atoms with Gasteiger partial charge in [-0.15, -0.1) is 0 Å². The molecule has 2 heterocycles. The molecule has 0 saturated heterocycles. The fourth-order valence-corrected chi connectivity index (χ4v) is 1.91. The van der Waals surface area contributed by atoms with Gasteiger partial charge in [0.05, 0.1) is 18.0 Å². The highest BCUT2D eigenvalue weighted by atomic mass is 16.3. The van der Waals surface area contributed by atoms with Gasteiger partial charge in [0.1, 0.15) is 5.76 Å². The third kappa shape index (κ3) is 2.94. The van der Waals surface area contributed by atoms with Gasteiger partial charge < -0.3 is 4.42 Å². The Labute approximate surface area is 102 Å². The lowest BCUT2D eigenvalue weighted by molar-refractivity contribution is 0.374. The van der Waals surface area contributed by atoms with Gasteiger partial charge in [0.2, 0.25) is 0 Å². The van der Waals surface area contributed by atoms with E-state index in [1.807, 2.05) is 36.5 Å². The molecule has 2 aromatic heterocycles. The van der Waals surface area contributed by atoms with Crippen LogP contribution in [-0.4, -0.2) is 4.98 Å². The third-order valence-electron chi connectivity index (χ3n) is 2.88. The monoisotopic (exact) mass is 230 g/mol. The highest BCUT2D eigenvalue weighted by Crippen LogP contribution is 2.21. The summed E-state index contributed by atoms with van der Waals surface area (Å²) in [5, 5.41) is 3.53. The van der Waals surface area contributed by atoms with E-state index in [1.165, 1.54) is 0 Å². The molecule has 0 aliphatic rings. The number of hydrogen-bond donors (Lipinski definition) is 1. The van der Waals surface area contributed by atoms with E-state index in [-0.39, 0.29) is 12.1 Å². The first kappa shape index (κ1) is 11.9. The van der Waals surface area contributed by atoms with Crippen LogP contribution in [0, 0.1) is 0 Å². The van der Waals surface area contributed by atoms with Crippen molar-refractivity contribution in [2.75, 3.05) is 0 Å². The van der Waals surface area contributed by atoms with Crippen molar-refractivity contribution in [1.29, 1.82) is 0 Å². The lowest BCUT2D eigenvalue weighted by Gasteiger charge is -2.20. The van der Waals surface area contributed by atoms with Crippen LogP contribution in [0.4, 0.5) is 0 Å². The molecular weight excluding hydrogens is 212 g/mol. The van der Waals surface area contributed by atoms with Gasteiger partial charge in [-0.1, -0.05) is 13.0 Å². The van der Waals surface area contributed by atoms with Gasteiger partial charge in [-0.3, -0.25) is 10.3 Å². The molecule has 0 spiro atoms. The van der Waals surface area contributed by atoms with Crippen molar-refractivity contribution in [3.63, 3.8) is 0 Å². The van der Waals surface area contributed by atoms with Gasteiger partial charge >= 0.3 is 0 Å². The average molecular weight is 230 g/mol. The van der Waals surface area contributed by atoms with E-state index >= 15 is 0 Å². The molecule has 1 N–H and O–H groups in total. The maximum absolute atomic E-state index is 5.44. The Balaban J connectivity index is 2.05. The zero-order chi connectivity index (χ0) is 12.1.